The highest BCUT2D eigenvalue weighted by Gasteiger charge is 2.26. The number of amides is 1. The quantitative estimate of drug-likeness (QED) is 0.412. The maximum Gasteiger partial charge on any atom is 0.268 e. The van der Waals surface area contributed by atoms with Crippen LogP contribution in [0, 0.1) is 0 Å². The summed E-state index contributed by atoms with van der Waals surface area (Å²) in [5.74, 6) is 0.118. The number of carbonyl (C=O) groups is 1. The lowest BCUT2D eigenvalue weighted by molar-refractivity contribution is -0.118. The molecule has 0 bridgehead atoms. The molecule has 1 N–H and O–H groups in total. The summed E-state index contributed by atoms with van der Waals surface area (Å²) in [6.07, 6.45) is 0.787. The average Bonchev–Trinajstić information content (AvgIpc) is 3.04. The van der Waals surface area contributed by atoms with Crippen LogP contribution in [0.2, 0.25) is 0 Å². The van der Waals surface area contributed by atoms with Gasteiger partial charge in [-0.15, -0.1) is 11.8 Å². The minimum absolute atomic E-state index is 0.0134. The summed E-state index contributed by atoms with van der Waals surface area (Å²) in [6, 6.07) is 9.83. The number of nitrogens with zero attached hydrogens (tertiary/aromatic N) is 2. The van der Waals surface area contributed by atoms with E-state index in [4.69, 9.17) is 9.72 Å². The van der Waals surface area contributed by atoms with Gasteiger partial charge in [-0.25, -0.2) is 4.98 Å². The monoisotopic (exact) mass is 405 g/mol. The van der Waals surface area contributed by atoms with Crippen molar-refractivity contribution < 1.29 is 9.53 Å². The van der Waals surface area contributed by atoms with Crippen LogP contribution in [0.15, 0.2) is 45.2 Å². The molecule has 1 unspecified atom stereocenters. The van der Waals surface area contributed by atoms with Crippen molar-refractivity contribution in [2.45, 2.75) is 35.2 Å². The summed E-state index contributed by atoms with van der Waals surface area (Å²) < 4.78 is 6.62. The van der Waals surface area contributed by atoms with Gasteiger partial charge in [0.25, 0.3) is 5.56 Å². The lowest BCUT2D eigenvalue weighted by Gasteiger charge is -2.13. The Morgan fingerprint density at radius 1 is 1.41 bits per heavy atom. The van der Waals surface area contributed by atoms with E-state index in [0.29, 0.717) is 30.1 Å². The van der Waals surface area contributed by atoms with Crippen LogP contribution < -0.4 is 10.9 Å². The molecular weight excluding hydrogens is 382 g/mol. The molecule has 0 saturated heterocycles. The van der Waals surface area contributed by atoms with Crippen LogP contribution in [0.4, 0.5) is 0 Å². The maximum absolute atomic E-state index is 13.1. The second kappa shape index (κ2) is 9.43. The van der Waals surface area contributed by atoms with E-state index in [9.17, 15) is 9.59 Å². The molecule has 2 aromatic rings. The summed E-state index contributed by atoms with van der Waals surface area (Å²) in [6.45, 7) is 3.49. The summed E-state index contributed by atoms with van der Waals surface area (Å²) in [5.41, 5.74) is 1.87. The van der Waals surface area contributed by atoms with Gasteiger partial charge in [-0.1, -0.05) is 49.0 Å². The highest BCUT2D eigenvalue weighted by Crippen LogP contribution is 2.34. The van der Waals surface area contributed by atoms with Crippen LogP contribution in [-0.2, 0) is 22.5 Å². The van der Waals surface area contributed by atoms with Crippen molar-refractivity contribution in [3.05, 3.63) is 51.9 Å². The number of fused-ring (bicyclic) bond motifs is 1. The summed E-state index contributed by atoms with van der Waals surface area (Å²) in [5, 5.41) is 3.74. The van der Waals surface area contributed by atoms with E-state index in [0.717, 1.165) is 22.6 Å². The first kappa shape index (κ1) is 20.0. The molecule has 1 aliphatic rings. The van der Waals surface area contributed by atoms with E-state index < -0.39 is 0 Å². The molecule has 0 spiro atoms. The number of carbonyl (C=O) groups excluding carboxylic acids is 1. The highest BCUT2D eigenvalue weighted by molar-refractivity contribution is 8.00. The van der Waals surface area contributed by atoms with E-state index in [1.807, 2.05) is 30.3 Å². The van der Waals surface area contributed by atoms with Gasteiger partial charge in [-0.05, 0) is 5.56 Å². The van der Waals surface area contributed by atoms with Crippen molar-refractivity contribution in [1.82, 2.24) is 14.9 Å². The van der Waals surface area contributed by atoms with E-state index in [-0.39, 0.29) is 17.2 Å². The molecule has 144 valence electrons. The Morgan fingerprint density at radius 2 is 2.19 bits per heavy atom. The lowest BCUT2D eigenvalue weighted by Crippen LogP contribution is -2.30. The van der Waals surface area contributed by atoms with E-state index in [1.54, 1.807) is 23.4 Å². The fraction of sp³-hybridized carbons (Fsp3) is 0.421. The molecule has 0 aliphatic carbocycles. The lowest BCUT2D eigenvalue weighted by atomic mass is 10.2. The van der Waals surface area contributed by atoms with Crippen LogP contribution in [0.25, 0.3) is 0 Å². The molecule has 1 aliphatic heterocycles. The van der Waals surface area contributed by atoms with Crippen molar-refractivity contribution in [3.8, 4) is 0 Å². The molecule has 0 fully saturated rings. The number of ether oxygens (including phenoxy) is 1. The first-order valence-electron chi connectivity index (χ1n) is 8.81. The topological polar surface area (TPSA) is 73.2 Å². The average molecular weight is 406 g/mol. The third kappa shape index (κ3) is 5.15. The molecule has 6 nitrogen and oxygen atoms in total. The number of methoxy groups -OCH3 is 1. The van der Waals surface area contributed by atoms with Gasteiger partial charge in [0.05, 0.1) is 29.5 Å². The van der Waals surface area contributed by atoms with Gasteiger partial charge in [0.1, 0.15) is 0 Å². The second-order valence-electron chi connectivity index (χ2n) is 6.31. The SMILES string of the molecule is COCCNC(=O)CSc1nc2c(c(=O)n1Cc1ccccc1)SC(C)C2. The summed E-state index contributed by atoms with van der Waals surface area (Å²) in [7, 11) is 1.59. The number of nitrogens with one attached hydrogen (secondary N) is 1. The van der Waals surface area contributed by atoms with Crippen LogP contribution >= 0.6 is 23.5 Å². The van der Waals surface area contributed by atoms with Gasteiger partial charge in [0.15, 0.2) is 5.16 Å². The van der Waals surface area contributed by atoms with Crippen LogP contribution in [0.1, 0.15) is 18.2 Å². The summed E-state index contributed by atoms with van der Waals surface area (Å²) >= 11 is 2.89. The Hall–Kier alpha value is -1.77. The van der Waals surface area contributed by atoms with E-state index >= 15 is 0 Å². The highest BCUT2D eigenvalue weighted by atomic mass is 32.2. The van der Waals surface area contributed by atoms with Crippen molar-refractivity contribution >= 4 is 29.4 Å². The largest absolute Gasteiger partial charge is 0.383 e. The Labute approximate surface area is 167 Å². The number of benzene rings is 1. The van der Waals surface area contributed by atoms with E-state index in [1.165, 1.54) is 11.8 Å². The Bertz CT molecular complexity index is 855. The van der Waals surface area contributed by atoms with Gasteiger partial charge in [0.2, 0.25) is 5.91 Å². The minimum Gasteiger partial charge on any atom is -0.383 e. The zero-order chi connectivity index (χ0) is 19.2. The minimum atomic E-state index is -0.0965. The van der Waals surface area contributed by atoms with Crippen molar-refractivity contribution in [3.63, 3.8) is 0 Å². The van der Waals surface area contributed by atoms with Crippen LogP contribution in [0.5, 0.6) is 0 Å². The van der Waals surface area contributed by atoms with Gasteiger partial charge in [-0.3, -0.25) is 14.2 Å². The molecule has 27 heavy (non-hydrogen) atoms. The third-order valence-electron chi connectivity index (χ3n) is 4.11. The standard InChI is InChI=1S/C19H23N3O3S2/c1-13-10-15-17(27-13)18(24)22(11-14-6-4-3-5-7-14)19(21-15)26-12-16(23)20-8-9-25-2/h3-7,13H,8-12H2,1-2H3,(H,20,23). The Kier molecular flexibility index (Phi) is 6.98. The van der Waals surface area contributed by atoms with Crippen molar-refractivity contribution in [2.24, 2.45) is 0 Å². The van der Waals surface area contributed by atoms with Gasteiger partial charge in [0, 0.05) is 25.3 Å². The number of aromatic nitrogens is 2. The fourth-order valence-corrected chi connectivity index (χ4v) is 4.78. The molecule has 0 saturated carbocycles. The van der Waals surface area contributed by atoms with Gasteiger partial charge >= 0.3 is 0 Å². The molecule has 3 rings (SSSR count). The molecule has 1 aromatic carbocycles. The Balaban J connectivity index is 1.83. The van der Waals surface area contributed by atoms with Crippen LogP contribution in [-0.4, -0.2) is 46.7 Å². The molecule has 2 heterocycles. The van der Waals surface area contributed by atoms with E-state index in [2.05, 4.69) is 12.2 Å². The zero-order valence-electron chi connectivity index (χ0n) is 15.4. The zero-order valence-corrected chi connectivity index (χ0v) is 17.1. The predicted molar refractivity (Wildman–Crippen MR) is 109 cm³/mol. The van der Waals surface area contributed by atoms with Crippen molar-refractivity contribution in [2.75, 3.05) is 26.0 Å². The molecular formula is C19H23N3O3S2. The molecule has 8 heteroatoms. The molecule has 0 radical (unpaired) electrons. The number of hydrogen-bond acceptors (Lipinski definition) is 6. The first-order valence-corrected chi connectivity index (χ1v) is 10.7. The second-order valence-corrected chi connectivity index (χ2v) is 8.70. The molecule has 1 amide bonds. The fourth-order valence-electron chi connectivity index (χ4n) is 2.82. The number of rotatable bonds is 8. The number of hydrogen-bond donors (Lipinski definition) is 1. The Morgan fingerprint density at radius 3 is 2.93 bits per heavy atom. The molecule has 1 aromatic heterocycles. The first-order chi connectivity index (χ1) is 13.1. The smallest absolute Gasteiger partial charge is 0.268 e. The van der Waals surface area contributed by atoms with Crippen molar-refractivity contribution in [1.29, 1.82) is 0 Å². The maximum atomic E-state index is 13.1. The normalized spacial score (nSPS) is 15.6. The molecule has 1 atom stereocenters. The predicted octanol–water partition coefficient (Wildman–Crippen LogP) is 2.18. The van der Waals surface area contributed by atoms with Gasteiger partial charge < -0.3 is 10.1 Å². The third-order valence-corrected chi connectivity index (χ3v) is 6.30. The van der Waals surface area contributed by atoms with Crippen LogP contribution in [0.3, 0.4) is 0 Å². The van der Waals surface area contributed by atoms with Gasteiger partial charge in [-0.2, -0.15) is 0 Å². The summed E-state index contributed by atoms with van der Waals surface area (Å²) in [4.78, 5) is 30.6. The number of thioether (sulfide) groups is 2.